The predicted octanol–water partition coefficient (Wildman–Crippen LogP) is 1.68. The number of halogens is 1. The molecule has 0 saturated carbocycles. The van der Waals surface area contributed by atoms with Crippen LogP contribution in [-0.2, 0) is 14.8 Å². The number of hydrogen-bond acceptors (Lipinski definition) is 4. The molecule has 0 aromatic heterocycles. The first-order valence-corrected chi connectivity index (χ1v) is 8.84. The number of rotatable bonds is 6. The van der Waals surface area contributed by atoms with Gasteiger partial charge >= 0.3 is 0 Å². The van der Waals surface area contributed by atoms with E-state index in [-0.39, 0.29) is 14.9 Å². The lowest BCUT2D eigenvalue weighted by molar-refractivity contribution is 0.184. The number of sulfonamides is 1. The zero-order chi connectivity index (χ0) is 15.5. The van der Waals surface area contributed by atoms with E-state index in [1.165, 1.54) is 18.2 Å². The summed E-state index contributed by atoms with van der Waals surface area (Å²) < 4.78 is 32.2. The molecular weight excluding hydrogens is 332 g/mol. The van der Waals surface area contributed by atoms with Gasteiger partial charge in [0, 0.05) is 25.3 Å². The Morgan fingerprint density at radius 1 is 1.52 bits per heavy atom. The van der Waals surface area contributed by atoms with Gasteiger partial charge in [-0.05, 0) is 37.0 Å². The minimum Gasteiger partial charge on any atom is -0.389 e. The highest BCUT2D eigenvalue weighted by Gasteiger charge is 2.19. The van der Waals surface area contributed by atoms with Gasteiger partial charge in [-0.2, -0.15) is 0 Å². The summed E-state index contributed by atoms with van der Waals surface area (Å²) in [6.07, 6.45) is 1.74. The molecule has 2 rings (SSSR count). The zero-order valence-corrected chi connectivity index (χ0v) is 13.7. The first-order valence-electron chi connectivity index (χ1n) is 6.57. The van der Waals surface area contributed by atoms with Crippen molar-refractivity contribution >= 4 is 38.8 Å². The molecule has 1 unspecified atom stereocenters. The molecule has 5 nitrogen and oxygen atoms in total. The van der Waals surface area contributed by atoms with Crippen LogP contribution in [0.1, 0.15) is 18.4 Å². The van der Waals surface area contributed by atoms with Gasteiger partial charge in [-0.1, -0.05) is 23.8 Å². The van der Waals surface area contributed by atoms with Crippen molar-refractivity contribution in [2.75, 3.05) is 19.8 Å². The van der Waals surface area contributed by atoms with E-state index in [4.69, 9.17) is 34.3 Å². The predicted molar refractivity (Wildman–Crippen MR) is 86.1 cm³/mol. The monoisotopic (exact) mass is 348 g/mol. The lowest BCUT2D eigenvalue weighted by atomic mass is 10.1. The van der Waals surface area contributed by atoms with Gasteiger partial charge in [-0.25, -0.2) is 13.1 Å². The lowest BCUT2D eigenvalue weighted by Crippen LogP contribution is -2.26. The van der Waals surface area contributed by atoms with Crippen molar-refractivity contribution in [2.45, 2.75) is 17.7 Å². The first kappa shape index (κ1) is 16.6. The Hall–Kier alpha value is -0.730. The molecule has 0 radical (unpaired) electrons. The van der Waals surface area contributed by atoms with Crippen LogP contribution in [0.3, 0.4) is 0 Å². The molecule has 1 atom stereocenters. The Kier molecular flexibility index (Phi) is 5.56. The van der Waals surface area contributed by atoms with Gasteiger partial charge in [-0.15, -0.1) is 0 Å². The maximum atomic E-state index is 12.2. The van der Waals surface area contributed by atoms with E-state index < -0.39 is 10.0 Å². The molecule has 0 spiro atoms. The second-order valence-corrected chi connectivity index (χ2v) is 7.54. The summed E-state index contributed by atoms with van der Waals surface area (Å²) in [5.41, 5.74) is 5.96. The van der Waals surface area contributed by atoms with Crippen molar-refractivity contribution in [3.63, 3.8) is 0 Å². The summed E-state index contributed by atoms with van der Waals surface area (Å²) in [6, 6.07) is 4.32. The fraction of sp³-hybridized carbons (Fsp3) is 0.462. The van der Waals surface area contributed by atoms with Gasteiger partial charge in [-0.3, -0.25) is 0 Å². The van der Waals surface area contributed by atoms with Crippen LogP contribution in [0.5, 0.6) is 0 Å². The summed E-state index contributed by atoms with van der Waals surface area (Å²) >= 11 is 10.8. The van der Waals surface area contributed by atoms with Gasteiger partial charge in [0.05, 0.1) is 9.92 Å². The third-order valence-corrected chi connectivity index (χ3v) is 5.38. The van der Waals surface area contributed by atoms with Crippen LogP contribution < -0.4 is 10.5 Å². The highest BCUT2D eigenvalue weighted by molar-refractivity contribution is 7.89. The fourth-order valence-corrected chi connectivity index (χ4v) is 3.81. The summed E-state index contributed by atoms with van der Waals surface area (Å²) in [5.74, 6) is 0.424. The number of nitrogens with one attached hydrogen (secondary N) is 1. The van der Waals surface area contributed by atoms with Crippen LogP contribution in [0, 0.1) is 5.92 Å². The smallest absolute Gasteiger partial charge is 0.240 e. The van der Waals surface area contributed by atoms with E-state index in [2.05, 4.69) is 4.72 Å². The van der Waals surface area contributed by atoms with Crippen LogP contribution in [0.4, 0.5) is 0 Å². The maximum Gasteiger partial charge on any atom is 0.240 e. The Morgan fingerprint density at radius 3 is 2.86 bits per heavy atom. The number of ether oxygens (including phenoxy) is 1. The molecule has 1 aromatic carbocycles. The lowest BCUT2D eigenvalue weighted by Gasteiger charge is -2.10. The standard InChI is InChI=1S/C13H17ClN2O3S2/c14-12-7-10(1-2-11(12)13(15)20)21(17,18)16-5-3-9-4-6-19-8-9/h1-2,7,9,16H,3-6,8H2,(H2,15,20). The molecule has 21 heavy (non-hydrogen) atoms. The van der Waals surface area contributed by atoms with Gasteiger partial charge < -0.3 is 10.5 Å². The van der Waals surface area contributed by atoms with Crippen molar-refractivity contribution < 1.29 is 13.2 Å². The molecule has 1 aliphatic rings. The molecule has 1 aromatic rings. The molecule has 8 heteroatoms. The van der Waals surface area contributed by atoms with Crippen LogP contribution >= 0.6 is 23.8 Å². The Balaban J connectivity index is 2.01. The van der Waals surface area contributed by atoms with E-state index in [1.807, 2.05) is 0 Å². The van der Waals surface area contributed by atoms with Crippen molar-refractivity contribution in [1.29, 1.82) is 0 Å². The van der Waals surface area contributed by atoms with Gasteiger partial charge in [0.25, 0.3) is 0 Å². The molecule has 0 bridgehead atoms. The van der Waals surface area contributed by atoms with Gasteiger partial charge in [0.15, 0.2) is 0 Å². The summed E-state index contributed by atoms with van der Waals surface area (Å²) in [6.45, 7) is 1.84. The SMILES string of the molecule is NC(=S)c1ccc(S(=O)(=O)NCCC2CCOC2)cc1Cl. The van der Waals surface area contributed by atoms with Crippen molar-refractivity contribution in [1.82, 2.24) is 4.72 Å². The maximum absolute atomic E-state index is 12.2. The summed E-state index contributed by atoms with van der Waals surface area (Å²) in [4.78, 5) is 0.244. The van der Waals surface area contributed by atoms with E-state index >= 15 is 0 Å². The van der Waals surface area contributed by atoms with E-state index in [0.29, 0.717) is 24.6 Å². The van der Waals surface area contributed by atoms with Crippen LogP contribution in [-0.4, -0.2) is 33.2 Å². The minimum absolute atomic E-state index is 0.107. The van der Waals surface area contributed by atoms with Gasteiger partial charge in [0.1, 0.15) is 4.99 Å². The second-order valence-electron chi connectivity index (χ2n) is 4.92. The minimum atomic E-state index is -3.58. The summed E-state index contributed by atoms with van der Waals surface area (Å²) in [7, 11) is -3.58. The number of thiocarbonyl (C=S) groups is 1. The molecule has 1 heterocycles. The topological polar surface area (TPSA) is 81.4 Å². The van der Waals surface area contributed by atoms with Crippen LogP contribution in [0.25, 0.3) is 0 Å². The van der Waals surface area contributed by atoms with Crippen molar-refractivity contribution in [3.05, 3.63) is 28.8 Å². The fourth-order valence-electron chi connectivity index (χ4n) is 2.15. The Morgan fingerprint density at radius 2 is 2.29 bits per heavy atom. The molecule has 1 saturated heterocycles. The van der Waals surface area contributed by atoms with Crippen LogP contribution in [0.15, 0.2) is 23.1 Å². The number of benzene rings is 1. The Bertz CT molecular complexity index is 628. The molecule has 1 fully saturated rings. The molecule has 116 valence electrons. The average molecular weight is 349 g/mol. The second kappa shape index (κ2) is 7.02. The third kappa shape index (κ3) is 4.37. The molecular formula is C13H17ClN2O3S2. The number of nitrogens with two attached hydrogens (primary N) is 1. The van der Waals surface area contributed by atoms with E-state index in [0.717, 1.165) is 19.4 Å². The highest BCUT2D eigenvalue weighted by atomic mass is 35.5. The molecule has 1 aliphatic heterocycles. The molecule has 0 amide bonds. The van der Waals surface area contributed by atoms with Crippen LogP contribution in [0.2, 0.25) is 5.02 Å². The zero-order valence-electron chi connectivity index (χ0n) is 11.3. The highest BCUT2D eigenvalue weighted by Crippen LogP contribution is 2.21. The molecule has 0 aliphatic carbocycles. The normalized spacial score (nSPS) is 18.8. The van der Waals surface area contributed by atoms with Gasteiger partial charge in [0.2, 0.25) is 10.0 Å². The number of hydrogen-bond donors (Lipinski definition) is 2. The average Bonchev–Trinajstić information content (AvgIpc) is 2.91. The first-order chi connectivity index (χ1) is 9.90. The van der Waals surface area contributed by atoms with E-state index in [9.17, 15) is 8.42 Å². The van der Waals surface area contributed by atoms with Crippen molar-refractivity contribution in [2.24, 2.45) is 11.7 Å². The van der Waals surface area contributed by atoms with Crippen molar-refractivity contribution in [3.8, 4) is 0 Å². The van der Waals surface area contributed by atoms with E-state index in [1.54, 1.807) is 0 Å². The third-order valence-electron chi connectivity index (χ3n) is 3.38. The summed E-state index contributed by atoms with van der Waals surface area (Å²) in [5, 5.41) is 0.231. The quantitative estimate of drug-likeness (QED) is 0.764. The largest absolute Gasteiger partial charge is 0.389 e. The molecule has 3 N–H and O–H groups in total. The Labute approximate surface area is 134 Å².